The maximum absolute atomic E-state index is 12.9. The second-order valence-corrected chi connectivity index (χ2v) is 23.1. The van der Waals surface area contributed by atoms with Crippen molar-refractivity contribution in [3.05, 3.63) is 109 Å². The van der Waals surface area contributed by atoms with E-state index in [1.165, 1.54) is 180 Å². The third-order valence-corrected chi connectivity index (χ3v) is 15.0. The Balaban J connectivity index is 4.32. The molecule has 0 aliphatic rings. The Kier molecular flexibility index (Phi) is 66.2. The van der Waals surface area contributed by atoms with E-state index >= 15 is 0 Å². The molecule has 0 saturated heterocycles. The van der Waals surface area contributed by atoms with E-state index in [1.807, 2.05) is 0 Å². The van der Waals surface area contributed by atoms with Crippen molar-refractivity contribution in [2.45, 2.75) is 341 Å². The Morgan fingerprint density at radius 2 is 0.476 bits per heavy atom. The number of allylic oxidation sites excluding steroid dienone is 18. The maximum Gasteiger partial charge on any atom is 0.306 e. The van der Waals surface area contributed by atoms with Crippen LogP contribution in [0.4, 0.5) is 0 Å². The molecule has 1 unspecified atom stereocenters. The summed E-state index contributed by atoms with van der Waals surface area (Å²) in [5.41, 5.74) is 0. The van der Waals surface area contributed by atoms with Crippen LogP contribution in [0.2, 0.25) is 0 Å². The zero-order chi connectivity index (χ0) is 59.2. The van der Waals surface area contributed by atoms with Crippen LogP contribution in [0.3, 0.4) is 0 Å². The standard InChI is InChI=1S/C76H130O6/c1-4-7-10-13-16-19-22-25-28-31-32-33-34-35-36-37-38-39-40-41-42-43-44-46-48-51-54-57-60-63-66-69-75(78)81-72-73(71-80-74(77)68-65-62-59-56-53-50-47-30-27-24-21-18-15-12-9-6-3)82-76(79)70-67-64-61-58-55-52-49-45-29-26-23-20-17-14-11-8-5-2/h7,10,16,19,25-26,28-30,32-33,35-36,38-39,41-42,47,73H,4-6,8-9,11-15,17-18,20-24,27,31,34,37,40,43-46,48-72H2,1-3H3/b10-7-,19-16-,28-25-,29-26-,33-32-,36-35-,39-38-,42-41-,47-30-. The van der Waals surface area contributed by atoms with E-state index in [0.29, 0.717) is 19.3 Å². The minimum absolute atomic E-state index is 0.0843. The van der Waals surface area contributed by atoms with Crippen molar-refractivity contribution in [1.82, 2.24) is 0 Å². The van der Waals surface area contributed by atoms with Crippen molar-refractivity contribution in [2.24, 2.45) is 0 Å². The van der Waals surface area contributed by atoms with Gasteiger partial charge in [-0.15, -0.1) is 0 Å². The van der Waals surface area contributed by atoms with Crippen LogP contribution in [0, 0.1) is 0 Å². The first-order valence-corrected chi connectivity index (χ1v) is 34.9. The van der Waals surface area contributed by atoms with Gasteiger partial charge in [0.1, 0.15) is 13.2 Å². The van der Waals surface area contributed by atoms with Crippen molar-refractivity contribution in [3.8, 4) is 0 Å². The van der Waals surface area contributed by atoms with Crippen LogP contribution in [-0.2, 0) is 28.6 Å². The van der Waals surface area contributed by atoms with Gasteiger partial charge >= 0.3 is 17.9 Å². The molecule has 0 aromatic heterocycles. The maximum atomic E-state index is 12.9. The van der Waals surface area contributed by atoms with Gasteiger partial charge < -0.3 is 14.2 Å². The zero-order valence-electron chi connectivity index (χ0n) is 54.0. The molecule has 0 amide bonds. The summed E-state index contributed by atoms with van der Waals surface area (Å²) in [5.74, 6) is -0.890. The lowest BCUT2D eigenvalue weighted by Gasteiger charge is -2.18. The molecule has 0 heterocycles. The number of hydrogen-bond acceptors (Lipinski definition) is 6. The number of carbonyl (C=O) groups excluding carboxylic acids is 3. The molecule has 0 bridgehead atoms. The van der Waals surface area contributed by atoms with Crippen LogP contribution in [0.15, 0.2) is 109 Å². The van der Waals surface area contributed by atoms with Crippen LogP contribution in [-0.4, -0.2) is 37.2 Å². The van der Waals surface area contributed by atoms with Gasteiger partial charge in [0.2, 0.25) is 0 Å². The molecule has 1 atom stereocenters. The molecule has 0 aromatic carbocycles. The molecule has 0 spiro atoms. The van der Waals surface area contributed by atoms with E-state index in [0.717, 1.165) is 116 Å². The van der Waals surface area contributed by atoms with E-state index in [2.05, 4.69) is 130 Å². The molecule has 0 aliphatic heterocycles. The van der Waals surface area contributed by atoms with Crippen molar-refractivity contribution >= 4 is 17.9 Å². The lowest BCUT2D eigenvalue weighted by atomic mass is 10.1. The van der Waals surface area contributed by atoms with E-state index in [1.54, 1.807) is 0 Å². The summed E-state index contributed by atoms with van der Waals surface area (Å²) in [4.78, 5) is 38.4. The van der Waals surface area contributed by atoms with Gasteiger partial charge in [0.05, 0.1) is 0 Å². The summed E-state index contributed by atoms with van der Waals surface area (Å²) in [6, 6.07) is 0. The van der Waals surface area contributed by atoms with Crippen LogP contribution >= 0.6 is 0 Å². The quantitative estimate of drug-likeness (QED) is 0.0261. The van der Waals surface area contributed by atoms with Gasteiger partial charge in [-0.3, -0.25) is 14.4 Å². The predicted molar refractivity (Wildman–Crippen MR) is 357 cm³/mol. The number of unbranched alkanes of at least 4 members (excludes halogenated alkanes) is 34. The van der Waals surface area contributed by atoms with E-state index in [-0.39, 0.29) is 31.1 Å². The molecule has 0 rings (SSSR count). The molecule has 6 heteroatoms. The van der Waals surface area contributed by atoms with Gasteiger partial charge in [-0.2, -0.15) is 0 Å². The minimum atomic E-state index is -0.788. The second-order valence-electron chi connectivity index (χ2n) is 23.1. The molecule has 0 N–H and O–H groups in total. The van der Waals surface area contributed by atoms with Crippen LogP contribution in [0.25, 0.3) is 0 Å². The second kappa shape index (κ2) is 69.6. The Morgan fingerprint density at radius 3 is 0.756 bits per heavy atom. The number of carbonyl (C=O) groups is 3. The number of rotatable bonds is 63. The molecular formula is C76H130O6. The third-order valence-electron chi connectivity index (χ3n) is 15.0. The largest absolute Gasteiger partial charge is 0.462 e. The van der Waals surface area contributed by atoms with E-state index < -0.39 is 6.10 Å². The normalized spacial score (nSPS) is 12.8. The lowest BCUT2D eigenvalue weighted by molar-refractivity contribution is -0.167. The van der Waals surface area contributed by atoms with Gasteiger partial charge in [-0.25, -0.2) is 0 Å². The fraction of sp³-hybridized carbons (Fsp3) is 0.724. The van der Waals surface area contributed by atoms with Crippen LogP contribution < -0.4 is 0 Å². The number of hydrogen-bond donors (Lipinski definition) is 0. The van der Waals surface area contributed by atoms with Crippen molar-refractivity contribution in [2.75, 3.05) is 13.2 Å². The van der Waals surface area contributed by atoms with Gasteiger partial charge in [0, 0.05) is 19.3 Å². The summed E-state index contributed by atoms with van der Waals surface area (Å²) in [5, 5.41) is 0. The summed E-state index contributed by atoms with van der Waals surface area (Å²) < 4.78 is 17.0. The highest BCUT2D eigenvalue weighted by Gasteiger charge is 2.19. The van der Waals surface area contributed by atoms with Gasteiger partial charge in [0.15, 0.2) is 6.10 Å². The monoisotopic (exact) mass is 1140 g/mol. The highest BCUT2D eigenvalue weighted by Crippen LogP contribution is 2.16. The Labute approximate surface area is 508 Å². The Bertz CT molecular complexity index is 1640. The molecule has 6 nitrogen and oxygen atoms in total. The molecular weight excluding hydrogens is 1010 g/mol. The van der Waals surface area contributed by atoms with Crippen molar-refractivity contribution in [3.63, 3.8) is 0 Å². The highest BCUT2D eigenvalue weighted by atomic mass is 16.6. The molecule has 82 heavy (non-hydrogen) atoms. The number of esters is 3. The van der Waals surface area contributed by atoms with E-state index in [9.17, 15) is 14.4 Å². The molecule has 470 valence electrons. The van der Waals surface area contributed by atoms with Gasteiger partial charge in [0.25, 0.3) is 0 Å². The molecule has 0 aromatic rings. The van der Waals surface area contributed by atoms with Crippen molar-refractivity contribution in [1.29, 1.82) is 0 Å². The SMILES string of the molecule is CC/C=C\C/C=C\C/C=C\C/C=C\C/C=C\C/C=C\C/C=C\CCCCCCCCCCCC(=O)OCC(COC(=O)CCCCCCC/C=C\CCCCCCCCC)OC(=O)CCCCCCCCC/C=C\CCCCCCCC. The van der Waals surface area contributed by atoms with Gasteiger partial charge in [-0.05, 0) is 128 Å². The fourth-order valence-corrected chi connectivity index (χ4v) is 9.77. The predicted octanol–water partition coefficient (Wildman–Crippen LogP) is 24.2. The summed E-state index contributed by atoms with van der Waals surface area (Å²) in [6.45, 7) is 6.54. The average molecular weight is 1140 g/mol. The van der Waals surface area contributed by atoms with Crippen LogP contribution in [0.5, 0.6) is 0 Å². The van der Waals surface area contributed by atoms with Gasteiger partial charge in [-0.1, -0.05) is 297 Å². The summed E-state index contributed by atoms with van der Waals surface area (Å²) in [6.07, 6.45) is 95.3. The van der Waals surface area contributed by atoms with E-state index in [4.69, 9.17) is 14.2 Å². The summed E-state index contributed by atoms with van der Waals surface area (Å²) in [7, 11) is 0. The average Bonchev–Trinajstić information content (AvgIpc) is 3.48. The first-order chi connectivity index (χ1) is 40.5. The van der Waals surface area contributed by atoms with Crippen molar-refractivity contribution < 1.29 is 28.6 Å². The third kappa shape index (κ3) is 66.9. The fourth-order valence-electron chi connectivity index (χ4n) is 9.77. The molecule has 0 aliphatic carbocycles. The lowest BCUT2D eigenvalue weighted by Crippen LogP contribution is -2.30. The van der Waals surface area contributed by atoms with Crippen LogP contribution in [0.1, 0.15) is 335 Å². The zero-order valence-corrected chi connectivity index (χ0v) is 54.0. The summed E-state index contributed by atoms with van der Waals surface area (Å²) >= 11 is 0. The first kappa shape index (κ1) is 78.1. The smallest absolute Gasteiger partial charge is 0.306 e. The molecule has 0 fully saturated rings. The molecule has 0 radical (unpaired) electrons. The highest BCUT2D eigenvalue weighted by molar-refractivity contribution is 5.71. The first-order valence-electron chi connectivity index (χ1n) is 34.9. The number of ether oxygens (including phenoxy) is 3. The Hall–Kier alpha value is -3.93. The minimum Gasteiger partial charge on any atom is -0.462 e. The topological polar surface area (TPSA) is 78.9 Å². The molecule has 0 saturated carbocycles. The Morgan fingerprint density at radius 1 is 0.256 bits per heavy atom.